The van der Waals surface area contributed by atoms with Crippen LogP contribution in [0.4, 0.5) is 4.39 Å². The molecule has 2 N–H and O–H groups in total. The van der Waals surface area contributed by atoms with Crippen LogP contribution in [-0.2, 0) is 4.74 Å². The zero-order valence-electron chi connectivity index (χ0n) is 15.4. The van der Waals surface area contributed by atoms with Gasteiger partial charge in [-0.3, -0.25) is 4.99 Å². The molecule has 0 aliphatic heterocycles. The molecule has 8 heteroatoms. The van der Waals surface area contributed by atoms with Crippen LogP contribution in [0.2, 0.25) is 0 Å². The average molecular weight is 468 g/mol. The molecular formula is C17H30FIN4O2. The summed E-state index contributed by atoms with van der Waals surface area (Å²) in [4.78, 5) is 6.36. The van der Waals surface area contributed by atoms with Gasteiger partial charge in [0.25, 0.3) is 0 Å². The van der Waals surface area contributed by atoms with E-state index in [0.29, 0.717) is 18.3 Å². The van der Waals surface area contributed by atoms with Crippen molar-refractivity contribution in [3.63, 3.8) is 0 Å². The number of hydrogen-bond acceptors (Lipinski definition) is 4. The molecule has 0 saturated heterocycles. The molecule has 1 aromatic carbocycles. The molecule has 0 fully saturated rings. The lowest BCUT2D eigenvalue weighted by Crippen LogP contribution is -2.44. The van der Waals surface area contributed by atoms with Crippen molar-refractivity contribution in [1.82, 2.24) is 15.5 Å². The van der Waals surface area contributed by atoms with Crippen molar-refractivity contribution in [3.8, 4) is 5.75 Å². The highest BCUT2D eigenvalue weighted by molar-refractivity contribution is 14.0. The number of nitrogens with zero attached hydrogens (tertiary/aromatic N) is 2. The fraction of sp³-hybridized carbons (Fsp3) is 0.588. The monoisotopic (exact) mass is 468 g/mol. The molecule has 1 unspecified atom stereocenters. The van der Waals surface area contributed by atoms with Gasteiger partial charge in [-0.05, 0) is 26.1 Å². The van der Waals surface area contributed by atoms with Gasteiger partial charge in [-0.15, -0.1) is 24.0 Å². The van der Waals surface area contributed by atoms with Crippen molar-refractivity contribution in [2.75, 3.05) is 54.0 Å². The topological polar surface area (TPSA) is 58.1 Å². The Morgan fingerprint density at radius 3 is 2.72 bits per heavy atom. The van der Waals surface area contributed by atoms with Crippen molar-refractivity contribution >= 4 is 29.9 Å². The van der Waals surface area contributed by atoms with E-state index in [2.05, 4.69) is 20.5 Å². The van der Waals surface area contributed by atoms with E-state index in [0.717, 1.165) is 26.2 Å². The van der Waals surface area contributed by atoms with Gasteiger partial charge in [-0.1, -0.05) is 6.07 Å². The van der Waals surface area contributed by atoms with E-state index in [9.17, 15) is 4.39 Å². The first-order valence-corrected chi connectivity index (χ1v) is 8.09. The lowest BCUT2D eigenvalue weighted by atomic mass is 10.3. The first-order valence-electron chi connectivity index (χ1n) is 8.09. The number of aliphatic imine (C=N–C) groups is 1. The van der Waals surface area contributed by atoms with Crippen LogP contribution >= 0.6 is 24.0 Å². The van der Waals surface area contributed by atoms with Gasteiger partial charge >= 0.3 is 0 Å². The molecule has 6 nitrogen and oxygen atoms in total. The number of likely N-dealkylation sites (N-methyl/N-ethyl adjacent to an activating group) is 1. The predicted octanol–water partition coefficient (Wildman–Crippen LogP) is 1.95. The van der Waals surface area contributed by atoms with E-state index in [1.165, 1.54) is 12.1 Å². The molecule has 0 aromatic heterocycles. The second kappa shape index (κ2) is 14.1. The Morgan fingerprint density at radius 2 is 2.08 bits per heavy atom. The molecule has 0 spiro atoms. The minimum atomic E-state index is -0.303. The second-order valence-electron chi connectivity index (χ2n) is 5.56. The van der Waals surface area contributed by atoms with E-state index in [1.807, 2.05) is 14.0 Å². The summed E-state index contributed by atoms with van der Waals surface area (Å²) in [5, 5.41) is 6.44. The zero-order chi connectivity index (χ0) is 17.8. The summed E-state index contributed by atoms with van der Waals surface area (Å²) >= 11 is 0. The summed E-state index contributed by atoms with van der Waals surface area (Å²) in [6.07, 6.45) is -0.116. The number of halogens is 2. The third-order valence-electron chi connectivity index (χ3n) is 3.38. The predicted molar refractivity (Wildman–Crippen MR) is 111 cm³/mol. The number of guanidine groups is 1. The van der Waals surface area contributed by atoms with Crippen molar-refractivity contribution in [2.24, 2.45) is 4.99 Å². The van der Waals surface area contributed by atoms with Gasteiger partial charge in [0, 0.05) is 39.9 Å². The fourth-order valence-electron chi connectivity index (χ4n) is 2.00. The Bertz CT molecular complexity index is 505. The maximum Gasteiger partial charge on any atom is 0.191 e. The average Bonchev–Trinajstić information content (AvgIpc) is 2.56. The lowest BCUT2D eigenvalue weighted by Gasteiger charge is -2.19. The van der Waals surface area contributed by atoms with Gasteiger partial charge in [-0.25, -0.2) is 4.39 Å². The molecule has 0 heterocycles. The minimum Gasteiger partial charge on any atom is -0.489 e. The molecule has 1 atom stereocenters. The number of rotatable bonds is 10. The highest BCUT2D eigenvalue weighted by Crippen LogP contribution is 2.13. The fourth-order valence-corrected chi connectivity index (χ4v) is 2.00. The summed E-state index contributed by atoms with van der Waals surface area (Å²) in [5.74, 6) is 0.930. The first kappa shape index (κ1) is 23.9. The van der Waals surface area contributed by atoms with E-state index in [-0.39, 0.29) is 35.9 Å². The molecule has 25 heavy (non-hydrogen) atoms. The van der Waals surface area contributed by atoms with Gasteiger partial charge in [0.15, 0.2) is 5.96 Å². The van der Waals surface area contributed by atoms with Crippen LogP contribution in [0.3, 0.4) is 0 Å². The summed E-state index contributed by atoms with van der Waals surface area (Å²) in [6.45, 7) is 5.76. The van der Waals surface area contributed by atoms with Gasteiger partial charge in [-0.2, -0.15) is 0 Å². The van der Waals surface area contributed by atoms with E-state index in [4.69, 9.17) is 9.47 Å². The summed E-state index contributed by atoms with van der Waals surface area (Å²) < 4.78 is 23.8. The molecule has 0 amide bonds. The molecule has 0 radical (unpaired) electrons. The normalized spacial score (nSPS) is 12.5. The molecule has 1 aromatic rings. The number of benzene rings is 1. The van der Waals surface area contributed by atoms with Gasteiger partial charge in [0.1, 0.15) is 17.7 Å². The van der Waals surface area contributed by atoms with Crippen molar-refractivity contribution in [2.45, 2.75) is 13.0 Å². The number of hydrogen-bond donors (Lipinski definition) is 2. The molecule has 144 valence electrons. The van der Waals surface area contributed by atoms with Gasteiger partial charge in [0.05, 0.1) is 13.2 Å². The Balaban J connectivity index is 0.00000576. The molecule has 0 aliphatic rings. The first-order chi connectivity index (χ1) is 11.5. The quantitative estimate of drug-likeness (QED) is 0.313. The molecular weight excluding hydrogens is 438 g/mol. The standard InChI is InChI=1S/C17H29FN4O2.HI/c1-14(24-16-7-5-6-15(18)12-16)13-21-17(19-2)20-8-9-22(3)10-11-23-4;/h5-7,12,14H,8-11,13H2,1-4H3,(H2,19,20,21);1H. The Morgan fingerprint density at radius 1 is 1.32 bits per heavy atom. The van der Waals surface area contributed by atoms with Crippen LogP contribution in [0, 0.1) is 5.82 Å². The molecule has 0 bridgehead atoms. The Hall–Kier alpha value is -1.13. The van der Waals surface area contributed by atoms with E-state index in [1.54, 1.807) is 26.3 Å². The summed E-state index contributed by atoms with van der Waals surface area (Å²) in [6, 6.07) is 6.14. The lowest BCUT2D eigenvalue weighted by molar-refractivity contribution is 0.162. The smallest absolute Gasteiger partial charge is 0.191 e. The Labute approximate surface area is 167 Å². The van der Waals surface area contributed by atoms with Crippen LogP contribution in [0.5, 0.6) is 5.75 Å². The van der Waals surface area contributed by atoms with Crippen LogP contribution in [0.25, 0.3) is 0 Å². The Kier molecular flexibility index (Phi) is 13.4. The number of ether oxygens (including phenoxy) is 2. The van der Waals surface area contributed by atoms with Crippen molar-refractivity contribution in [1.29, 1.82) is 0 Å². The third kappa shape index (κ3) is 11.2. The van der Waals surface area contributed by atoms with Crippen LogP contribution in [0.1, 0.15) is 6.92 Å². The summed E-state index contributed by atoms with van der Waals surface area (Å²) in [5.41, 5.74) is 0. The maximum absolute atomic E-state index is 13.1. The van der Waals surface area contributed by atoms with Crippen molar-refractivity contribution < 1.29 is 13.9 Å². The van der Waals surface area contributed by atoms with Crippen LogP contribution in [-0.4, -0.2) is 71.0 Å². The van der Waals surface area contributed by atoms with Crippen LogP contribution < -0.4 is 15.4 Å². The van der Waals surface area contributed by atoms with Crippen LogP contribution in [0.15, 0.2) is 29.3 Å². The maximum atomic E-state index is 13.1. The van der Waals surface area contributed by atoms with E-state index < -0.39 is 0 Å². The SMILES string of the molecule is CN=C(NCCN(C)CCOC)NCC(C)Oc1cccc(F)c1.I. The second-order valence-corrected chi connectivity index (χ2v) is 5.56. The van der Waals surface area contributed by atoms with E-state index >= 15 is 0 Å². The third-order valence-corrected chi connectivity index (χ3v) is 3.38. The molecule has 0 aliphatic carbocycles. The van der Waals surface area contributed by atoms with Gasteiger partial charge < -0.3 is 25.0 Å². The minimum absolute atomic E-state index is 0. The number of nitrogens with one attached hydrogen (secondary N) is 2. The van der Waals surface area contributed by atoms with Gasteiger partial charge in [0.2, 0.25) is 0 Å². The zero-order valence-corrected chi connectivity index (χ0v) is 17.7. The van der Waals surface area contributed by atoms with Crippen molar-refractivity contribution in [3.05, 3.63) is 30.1 Å². The molecule has 1 rings (SSSR count). The molecule has 0 saturated carbocycles. The number of methoxy groups -OCH3 is 1. The largest absolute Gasteiger partial charge is 0.489 e. The highest BCUT2D eigenvalue weighted by Gasteiger charge is 2.06. The highest BCUT2D eigenvalue weighted by atomic mass is 127. The summed E-state index contributed by atoms with van der Waals surface area (Å²) in [7, 11) is 5.47.